The van der Waals surface area contributed by atoms with Gasteiger partial charge in [-0.3, -0.25) is 14.3 Å². The molecule has 0 spiro atoms. The molecule has 0 bridgehead atoms. The standard InChI is InChI=1S/C16H14N4O/c21-16(19-10-13-5-4-8-17-9-13)15-11-18-12-20(15)14-6-2-1-3-7-14/h1-9,11-12H,10H2,(H,19,21). The van der Waals surface area contributed by atoms with E-state index >= 15 is 0 Å². The minimum Gasteiger partial charge on any atom is -0.347 e. The van der Waals surface area contributed by atoms with Crippen LogP contribution in [-0.4, -0.2) is 20.4 Å². The Morgan fingerprint density at radius 2 is 1.90 bits per heavy atom. The van der Waals surface area contributed by atoms with E-state index in [1.54, 1.807) is 29.5 Å². The summed E-state index contributed by atoms with van der Waals surface area (Å²) in [5, 5.41) is 2.87. The van der Waals surface area contributed by atoms with Gasteiger partial charge in [-0.1, -0.05) is 24.3 Å². The Balaban J connectivity index is 1.76. The summed E-state index contributed by atoms with van der Waals surface area (Å²) in [5.41, 5.74) is 2.36. The third kappa shape index (κ3) is 2.97. The predicted molar refractivity (Wildman–Crippen MR) is 79.0 cm³/mol. The van der Waals surface area contributed by atoms with Crippen molar-refractivity contribution in [1.82, 2.24) is 19.9 Å². The predicted octanol–water partition coefficient (Wildman–Crippen LogP) is 2.20. The highest BCUT2D eigenvalue weighted by Gasteiger charge is 2.12. The molecule has 2 aromatic heterocycles. The molecule has 0 saturated carbocycles. The molecule has 0 aliphatic carbocycles. The molecule has 1 aromatic carbocycles. The lowest BCUT2D eigenvalue weighted by Crippen LogP contribution is -2.25. The molecule has 104 valence electrons. The molecule has 5 nitrogen and oxygen atoms in total. The largest absolute Gasteiger partial charge is 0.347 e. The van der Waals surface area contributed by atoms with E-state index in [1.807, 2.05) is 42.5 Å². The third-order valence-corrected chi connectivity index (χ3v) is 3.08. The molecule has 0 radical (unpaired) electrons. The first-order chi connectivity index (χ1) is 10.3. The molecular weight excluding hydrogens is 264 g/mol. The van der Waals surface area contributed by atoms with Gasteiger partial charge in [-0.15, -0.1) is 0 Å². The van der Waals surface area contributed by atoms with Crippen LogP contribution in [0.25, 0.3) is 5.69 Å². The maximum atomic E-state index is 12.3. The number of imidazole rings is 1. The van der Waals surface area contributed by atoms with Crippen LogP contribution >= 0.6 is 0 Å². The highest BCUT2D eigenvalue weighted by molar-refractivity contribution is 5.92. The molecule has 0 saturated heterocycles. The van der Waals surface area contributed by atoms with E-state index in [2.05, 4.69) is 15.3 Å². The van der Waals surface area contributed by atoms with Crippen LogP contribution in [0.1, 0.15) is 16.1 Å². The number of hydrogen-bond acceptors (Lipinski definition) is 3. The van der Waals surface area contributed by atoms with Crippen molar-refractivity contribution in [2.24, 2.45) is 0 Å². The van der Waals surface area contributed by atoms with Crippen LogP contribution in [-0.2, 0) is 6.54 Å². The summed E-state index contributed by atoms with van der Waals surface area (Å²) in [7, 11) is 0. The summed E-state index contributed by atoms with van der Waals surface area (Å²) in [6, 6.07) is 13.4. The first-order valence-electron chi connectivity index (χ1n) is 6.59. The maximum absolute atomic E-state index is 12.3. The molecule has 5 heteroatoms. The number of carbonyl (C=O) groups is 1. The second kappa shape index (κ2) is 6.00. The van der Waals surface area contributed by atoms with Gasteiger partial charge >= 0.3 is 0 Å². The minimum absolute atomic E-state index is 0.166. The molecule has 0 unspecified atom stereocenters. The Bertz CT molecular complexity index is 722. The van der Waals surface area contributed by atoms with Crippen molar-refractivity contribution in [2.75, 3.05) is 0 Å². The van der Waals surface area contributed by atoms with Crippen molar-refractivity contribution < 1.29 is 4.79 Å². The Morgan fingerprint density at radius 1 is 1.05 bits per heavy atom. The molecule has 0 fully saturated rings. The van der Waals surface area contributed by atoms with Crippen LogP contribution in [0.3, 0.4) is 0 Å². The number of aromatic nitrogens is 3. The van der Waals surface area contributed by atoms with E-state index in [0.717, 1.165) is 11.3 Å². The molecule has 21 heavy (non-hydrogen) atoms. The molecule has 0 aliphatic rings. The van der Waals surface area contributed by atoms with E-state index in [0.29, 0.717) is 12.2 Å². The van der Waals surface area contributed by atoms with Crippen molar-refractivity contribution in [3.05, 3.63) is 78.6 Å². The first-order valence-corrected chi connectivity index (χ1v) is 6.59. The van der Waals surface area contributed by atoms with Crippen molar-refractivity contribution >= 4 is 5.91 Å². The van der Waals surface area contributed by atoms with Crippen LogP contribution in [0.15, 0.2) is 67.4 Å². The zero-order valence-electron chi connectivity index (χ0n) is 11.3. The number of benzene rings is 1. The lowest BCUT2D eigenvalue weighted by Gasteiger charge is -2.08. The molecule has 3 rings (SSSR count). The molecule has 0 atom stereocenters. The van der Waals surface area contributed by atoms with E-state index in [1.165, 1.54) is 0 Å². The summed E-state index contributed by atoms with van der Waals surface area (Å²) < 4.78 is 1.76. The number of rotatable bonds is 4. The Labute approximate surface area is 122 Å². The van der Waals surface area contributed by atoms with Gasteiger partial charge in [0, 0.05) is 24.6 Å². The normalized spacial score (nSPS) is 10.3. The fourth-order valence-corrected chi connectivity index (χ4v) is 2.03. The molecule has 1 N–H and O–H groups in total. The molecular formula is C16H14N4O. The van der Waals surface area contributed by atoms with Crippen LogP contribution in [0.5, 0.6) is 0 Å². The van der Waals surface area contributed by atoms with Crippen LogP contribution in [0.4, 0.5) is 0 Å². The number of nitrogens with zero attached hydrogens (tertiary/aromatic N) is 3. The second-order valence-electron chi connectivity index (χ2n) is 4.53. The van der Waals surface area contributed by atoms with Gasteiger partial charge in [-0.25, -0.2) is 4.98 Å². The van der Waals surface area contributed by atoms with Gasteiger partial charge in [0.05, 0.1) is 12.5 Å². The fourth-order valence-electron chi connectivity index (χ4n) is 2.03. The van der Waals surface area contributed by atoms with Crippen molar-refractivity contribution in [3.63, 3.8) is 0 Å². The van der Waals surface area contributed by atoms with Gasteiger partial charge in [0.2, 0.25) is 0 Å². The summed E-state index contributed by atoms with van der Waals surface area (Å²) in [5.74, 6) is -0.166. The van der Waals surface area contributed by atoms with Gasteiger partial charge in [0.15, 0.2) is 0 Å². The van der Waals surface area contributed by atoms with Crippen LogP contribution in [0.2, 0.25) is 0 Å². The summed E-state index contributed by atoms with van der Waals surface area (Å²) in [6.07, 6.45) is 6.63. The SMILES string of the molecule is O=C(NCc1cccnc1)c1cncn1-c1ccccc1. The van der Waals surface area contributed by atoms with Crippen molar-refractivity contribution in [1.29, 1.82) is 0 Å². The lowest BCUT2D eigenvalue weighted by molar-refractivity contribution is 0.0944. The smallest absolute Gasteiger partial charge is 0.270 e. The maximum Gasteiger partial charge on any atom is 0.270 e. The monoisotopic (exact) mass is 278 g/mol. The second-order valence-corrected chi connectivity index (χ2v) is 4.53. The number of para-hydroxylation sites is 1. The number of carbonyl (C=O) groups excluding carboxylic acids is 1. The third-order valence-electron chi connectivity index (χ3n) is 3.08. The topological polar surface area (TPSA) is 59.8 Å². The van der Waals surface area contributed by atoms with E-state index in [9.17, 15) is 4.79 Å². The minimum atomic E-state index is -0.166. The van der Waals surface area contributed by atoms with Crippen LogP contribution in [0, 0.1) is 0 Å². The average Bonchev–Trinajstić information content (AvgIpc) is 3.04. The van der Waals surface area contributed by atoms with E-state index in [-0.39, 0.29) is 5.91 Å². The average molecular weight is 278 g/mol. The highest BCUT2D eigenvalue weighted by atomic mass is 16.1. The molecule has 3 aromatic rings. The Morgan fingerprint density at radius 3 is 2.67 bits per heavy atom. The molecule has 1 amide bonds. The number of hydrogen-bond donors (Lipinski definition) is 1. The molecule has 0 aliphatic heterocycles. The van der Waals surface area contributed by atoms with Gasteiger partial charge < -0.3 is 5.32 Å². The van der Waals surface area contributed by atoms with Crippen molar-refractivity contribution in [2.45, 2.75) is 6.54 Å². The Hall–Kier alpha value is -2.95. The van der Waals surface area contributed by atoms with E-state index < -0.39 is 0 Å². The molecule has 2 heterocycles. The van der Waals surface area contributed by atoms with E-state index in [4.69, 9.17) is 0 Å². The van der Waals surface area contributed by atoms with Gasteiger partial charge in [-0.05, 0) is 23.8 Å². The van der Waals surface area contributed by atoms with Gasteiger partial charge in [0.1, 0.15) is 5.69 Å². The number of amides is 1. The highest BCUT2D eigenvalue weighted by Crippen LogP contribution is 2.10. The van der Waals surface area contributed by atoms with Gasteiger partial charge in [0.25, 0.3) is 5.91 Å². The Kier molecular flexibility index (Phi) is 3.73. The quantitative estimate of drug-likeness (QED) is 0.796. The zero-order chi connectivity index (χ0) is 14.5. The summed E-state index contributed by atoms with van der Waals surface area (Å²) in [4.78, 5) is 20.4. The summed E-state index contributed by atoms with van der Waals surface area (Å²) >= 11 is 0. The first kappa shape index (κ1) is 13.1. The van der Waals surface area contributed by atoms with Crippen LogP contribution < -0.4 is 5.32 Å². The fraction of sp³-hybridized carbons (Fsp3) is 0.0625. The number of pyridine rings is 1. The zero-order valence-corrected chi connectivity index (χ0v) is 11.3. The summed E-state index contributed by atoms with van der Waals surface area (Å²) in [6.45, 7) is 0.437. The number of nitrogens with one attached hydrogen (secondary N) is 1. The van der Waals surface area contributed by atoms with Gasteiger partial charge in [-0.2, -0.15) is 0 Å². The van der Waals surface area contributed by atoms with Crippen molar-refractivity contribution in [3.8, 4) is 5.69 Å². The lowest BCUT2D eigenvalue weighted by atomic mass is 10.2.